The van der Waals surface area contributed by atoms with Crippen molar-refractivity contribution < 1.29 is 9.13 Å². The number of hydrogen-bond donors (Lipinski definition) is 1. The first-order valence-electron chi connectivity index (χ1n) is 9.21. The molecule has 0 amide bonds. The average molecular weight is 379 g/mol. The van der Waals surface area contributed by atoms with Crippen molar-refractivity contribution in [3.63, 3.8) is 0 Å². The summed E-state index contributed by atoms with van der Waals surface area (Å²) in [6, 6.07) is 16.1. The van der Waals surface area contributed by atoms with Crippen LogP contribution in [0.3, 0.4) is 0 Å². The largest absolute Gasteiger partial charge is 0.495 e. The summed E-state index contributed by atoms with van der Waals surface area (Å²) in [5.74, 6) is 1.99. The number of halogens is 1. The number of methoxy groups -OCH3 is 1. The molecule has 144 valence electrons. The third kappa shape index (κ3) is 3.98. The minimum atomic E-state index is -0.270. The van der Waals surface area contributed by atoms with Gasteiger partial charge in [-0.3, -0.25) is 0 Å². The SMILES string of the molecule is COc1ccccc1N1CCN(c2ccnc(Nc3ccc(F)cc3)n2)CC1. The Labute approximate surface area is 163 Å². The van der Waals surface area contributed by atoms with Gasteiger partial charge in [-0.15, -0.1) is 0 Å². The lowest BCUT2D eigenvalue weighted by Crippen LogP contribution is -2.47. The van der Waals surface area contributed by atoms with Crippen LogP contribution in [0.15, 0.2) is 60.8 Å². The lowest BCUT2D eigenvalue weighted by atomic mass is 10.2. The third-order valence-corrected chi connectivity index (χ3v) is 4.77. The molecule has 1 aliphatic rings. The Bertz CT molecular complexity index is 926. The minimum Gasteiger partial charge on any atom is -0.495 e. The van der Waals surface area contributed by atoms with Crippen molar-refractivity contribution in [3.8, 4) is 5.75 Å². The zero-order valence-electron chi connectivity index (χ0n) is 15.7. The third-order valence-electron chi connectivity index (χ3n) is 4.77. The molecule has 0 unspecified atom stereocenters. The van der Waals surface area contributed by atoms with Gasteiger partial charge in [0.1, 0.15) is 17.4 Å². The molecule has 28 heavy (non-hydrogen) atoms. The summed E-state index contributed by atoms with van der Waals surface area (Å²) in [7, 11) is 1.70. The summed E-state index contributed by atoms with van der Waals surface area (Å²) in [5.41, 5.74) is 1.87. The molecular weight excluding hydrogens is 357 g/mol. The first kappa shape index (κ1) is 18.0. The van der Waals surface area contributed by atoms with Gasteiger partial charge in [-0.25, -0.2) is 9.37 Å². The Morgan fingerprint density at radius 2 is 1.64 bits per heavy atom. The molecular formula is C21H22FN5O. The summed E-state index contributed by atoms with van der Waals surface area (Å²) < 4.78 is 18.5. The van der Waals surface area contributed by atoms with E-state index >= 15 is 0 Å². The van der Waals surface area contributed by atoms with Gasteiger partial charge in [-0.05, 0) is 42.5 Å². The van der Waals surface area contributed by atoms with E-state index in [4.69, 9.17) is 4.74 Å². The molecule has 7 heteroatoms. The summed E-state index contributed by atoms with van der Waals surface area (Å²) in [6.45, 7) is 3.46. The highest BCUT2D eigenvalue weighted by molar-refractivity contribution is 5.60. The Morgan fingerprint density at radius 3 is 2.39 bits per heavy atom. The van der Waals surface area contributed by atoms with Crippen LogP contribution in [0.5, 0.6) is 5.75 Å². The molecule has 3 aromatic rings. The van der Waals surface area contributed by atoms with Gasteiger partial charge in [0.15, 0.2) is 0 Å². The average Bonchev–Trinajstić information content (AvgIpc) is 2.76. The second-order valence-corrected chi connectivity index (χ2v) is 6.52. The molecule has 1 aliphatic heterocycles. The fraction of sp³-hybridized carbons (Fsp3) is 0.238. The van der Waals surface area contributed by atoms with Crippen LogP contribution >= 0.6 is 0 Å². The van der Waals surface area contributed by atoms with E-state index in [-0.39, 0.29) is 5.82 Å². The van der Waals surface area contributed by atoms with Crippen molar-refractivity contribution in [1.82, 2.24) is 9.97 Å². The molecule has 2 heterocycles. The molecule has 2 aromatic carbocycles. The van der Waals surface area contributed by atoms with Crippen LogP contribution in [0.4, 0.5) is 27.5 Å². The van der Waals surface area contributed by atoms with Gasteiger partial charge in [-0.2, -0.15) is 4.98 Å². The zero-order valence-corrected chi connectivity index (χ0v) is 15.7. The predicted octanol–water partition coefficient (Wildman–Crippen LogP) is 3.69. The molecule has 0 spiro atoms. The first-order valence-corrected chi connectivity index (χ1v) is 9.21. The summed E-state index contributed by atoms with van der Waals surface area (Å²) in [4.78, 5) is 13.4. The molecule has 0 atom stereocenters. The van der Waals surface area contributed by atoms with Crippen molar-refractivity contribution in [1.29, 1.82) is 0 Å². The fourth-order valence-electron chi connectivity index (χ4n) is 3.32. The maximum atomic E-state index is 13.1. The summed E-state index contributed by atoms with van der Waals surface area (Å²) in [5, 5.41) is 3.12. The standard InChI is InChI=1S/C21H22FN5O/c1-28-19-5-3-2-4-18(19)26-12-14-27(15-13-26)20-10-11-23-21(25-20)24-17-8-6-16(22)7-9-17/h2-11H,12-15H2,1H3,(H,23,24,25). The number of aromatic nitrogens is 2. The second-order valence-electron chi connectivity index (χ2n) is 6.52. The van der Waals surface area contributed by atoms with Crippen LogP contribution in [0.1, 0.15) is 0 Å². The zero-order chi connectivity index (χ0) is 19.3. The van der Waals surface area contributed by atoms with E-state index in [0.29, 0.717) is 5.95 Å². The Kier molecular flexibility index (Phi) is 5.23. The fourth-order valence-corrected chi connectivity index (χ4v) is 3.32. The molecule has 0 aliphatic carbocycles. The highest BCUT2D eigenvalue weighted by Gasteiger charge is 2.20. The Balaban J connectivity index is 1.42. The van der Waals surface area contributed by atoms with Gasteiger partial charge < -0.3 is 19.9 Å². The predicted molar refractivity (Wildman–Crippen MR) is 109 cm³/mol. The molecule has 0 bridgehead atoms. The van der Waals surface area contributed by atoms with Crippen LogP contribution in [0.25, 0.3) is 0 Å². The van der Waals surface area contributed by atoms with Crippen molar-refractivity contribution in [3.05, 3.63) is 66.6 Å². The van der Waals surface area contributed by atoms with Gasteiger partial charge in [0.25, 0.3) is 0 Å². The number of nitrogens with zero attached hydrogens (tertiary/aromatic N) is 4. The van der Waals surface area contributed by atoms with Crippen molar-refractivity contribution in [2.24, 2.45) is 0 Å². The van der Waals surface area contributed by atoms with Crippen molar-refractivity contribution >= 4 is 23.1 Å². The summed E-state index contributed by atoms with van der Waals surface area (Å²) >= 11 is 0. The molecule has 0 radical (unpaired) electrons. The number of nitrogens with one attached hydrogen (secondary N) is 1. The van der Waals surface area contributed by atoms with Crippen molar-refractivity contribution in [2.75, 3.05) is 48.4 Å². The highest BCUT2D eigenvalue weighted by atomic mass is 19.1. The number of piperazine rings is 1. The molecule has 1 fully saturated rings. The normalized spacial score (nSPS) is 14.1. The van der Waals surface area contributed by atoms with Crippen LogP contribution < -0.4 is 19.9 Å². The van der Waals surface area contributed by atoms with E-state index in [1.807, 2.05) is 24.3 Å². The molecule has 0 saturated carbocycles. The van der Waals surface area contributed by atoms with Crippen LogP contribution in [-0.4, -0.2) is 43.3 Å². The van der Waals surface area contributed by atoms with E-state index in [2.05, 4.69) is 31.2 Å². The number of anilines is 4. The number of para-hydroxylation sites is 2. The maximum Gasteiger partial charge on any atom is 0.229 e. The quantitative estimate of drug-likeness (QED) is 0.730. The van der Waals surface area contributed by atoms with Crippen LogP contribution in [0, 0.1) is 5.82 Å². The molecule has 1 aromatic heterocycles. The Morgan fingerprint density at radius 1 is 0.929 bits per heavy atom. The van der Waals surface area contributed by atoms with E-state index < -0.39 is 0 Å². The topological polar surface area (TPSA) is 53.5 Å². The Hall–Kier alpha value is -3.35. The van der Waals surface area contributed by atoms with Crippen molar-refractivity contribution in [2.45, 2.75) is 0 Å². The molecule has 4 rings (SSSR count). The number of rotatable bonds is 5. The van der Waals surface area contributed by atoms with Gasteiger partial charge >= 0.3 is 0 Å². The van der Waals surface area contributed by atoms with Gasteiger partial charge in [0.2, 0.25) is 5.95 Å². The lowest BCUT2D eigenvalue weighted by Gasteiger charge is -2.37. The molecule has 6 nitrogen and oxygen atoms in total. The first-order chi connectivity index (χ1) is 13.7. The van der Waals surface area contributed by atoms with Gasteiger partial charge in [0.05, 0.1) is 12.8 Å². The smallest absolute Gasteiger partial charge is 0.229 e. The summed E-state index contributed by atoms with van der Waals surface area (Å²) in [6.07, 6.45) is 1.74. The van der Waals surface area contributed by atoms with E-state index in [1.165, 1.54) is 12.1 Å². The number of ether oxygens (including phenoxy) is 1. The van der Waals surface area contributed by atoms with E-state index in [1.54, 1.807) is 25.4 Å². The number of benzene rings is 2. The highest BCUT2D eigenvalue weighted by Crippen LogP contribution is 2.29. The minimum absolute atomic E-state index is 0.270. The number of hydrogen-bond acceptors (Lipinski definition) is 6. The lowest BCUT2D eigenvalue weighted by molar-refractivity contribution is 0.413. The molecule has 1 N–H and O–H groups in total. The second kappa shape index (κ2) is 8.12. The van der Waals surface area contributed by atoms with E-state index in [0.717, 1.165) is 49.1 Å². The van der Waals surface area contributed by atoms with Crippen LogP contribution in [0.2, 0.25) is 0 Å². The maximum absolute atomic E-state index is 13.1. The molecule has 1 saturated heterocycles. The van der Waals surface area contributed by atoms with Crippen LogP contribution in [-0.2, 0) is 0 Å². The van der Waals surface area contributed by atoms with E-state index in [9.17, 15) is 4.39 Å². The monoisotopic (exact) mass is 379 g/mol. The van der Waals surface area contributed by atoms with Gasteiger partial charge in [0, 0.05) is 38.1 Å². The van der Waals surface area contributed by atoms with Gasteiger partial charge in [-0.1, -0.05) is 12.1 Å².